The number of hydrogen-bond acceptors (Lipinski definition) is 11. The van der Waals surface area contributed by atoms with Crippen molar-refractivity contribution in [1.29, 1.82) is 0 Å². The van der Waals surface area contributed by atoms with Crippen LogP contribution in [0.2, 0.25) is 0 Å². The molecule has 0 aromatic carbocycles. The smallest absolute Gasteiger partial charge is 0.387 e. The van der Waals surface area contributed by atoms with Gasteiger partial charge in [0.1, 0.15) is 29.5 Å². The summed E-state index contributed by atoms with van der Waals surface area (Å²) >= 11 is 5.05. The van der Waals surface area contributed by atoms with Gasteiger partial charge in [0.15, 0.2) is 10.9 Å². The van der Waals surface area contributed by atoms with Crippen molar-refractivity contribution < 1.29 is 47.2 Å². The van der Waals surface area contributed by atoms with E-state index in [0.717, 1.165) is 7.11 Å². The van der Waals surface area contributed by atoms with Crippen LogP contribution in [0.1, 0.15) is 6.23 Å². The fourth-order valence-corrected chi connectivity index (χ4v) is 4.70. The van der Waals surface area contributed by atoms with Crippen LogP contribution in [0.15, 0.2) is 12.7 Å². The highest BCUT2D eigenvalue weighted by Gasteiger charge is 2.46. The third-order valence-corrected chi connectivity index (χ3v) is 6.68. The molecule has 1 aliphatic heterocycles. The topological polar surface area (TPSA) is 198 Å². The highest BCUT2D eigenvalue weighted by atomic mass is 32.1. The molecule has 3 rings (SSSR count). The van der Waals surface area contributed by atoms with E-state index >= 15 is 0 Å². The van der Waals surface area contributed by atoms with Crippen molar-refractivity contribution in [1.82, 2.24) is 19.5 Å². The minimum Gasteiger partial charge on any atom is -0.387 e. The average Bonchev–Trinajstić information content (AvgIpc) is 3.15. The monoisotopic (exact) mass is 458 g/mol. The zero-order valence-electron chi connectivity index (χ0n) is 14.1. The fraction of sp³-hybridized carbons (Fsp3) is 0.545. The van der Waals surface area contributed by atoms with Gasteiger partial charge in [0.25, 0.3) is 0 Å². The lowest BCUT2D eigenvalue weighted by atomic mass is 10.1. The Bertz CT molecular complexity index is 1010. The van der Waals surface area contributed by atoms with E-state index in [9.17, 15) is 19.3 Å². The highest BCUT2D eigenvalue weighted by Crippen LogP contribution is 2.60. The van der Waals surface area contributed by atoms with Crippen LogP contribution in [0, 0.1) is 4.64 Å². The van der Waals surface area contributed by atoms with E-state index in [1.807, 2.05) is 0 Å². The number of aromatic amines is 1. The largest absolute Gasteiger partial charge is 0.483 e. The van der Waals surface area contributed by atoms with Gasteiger partial charge < -0.3 is 29.7 Å². The first kappa shape index (κ1) is 21.6. The molecule has 5 N–H and O–H groups in total. The third-order valence-electron chi connectivity index (χ3n) is 3.82. The van der Waals surface area contributed by atoms with Gasteiger partial charge in [-0.1, -0.05) is 12.2 Å². The first-order chi connectivity index (χ1) is 13.0. The second-order valence-corrected chi connectivity index (χ2v) is 9.14. The van der Waals surface area contributed by atoms with E-state index in [2.05, 4.69) is 23.8 Å². The molecule has 0 aliphatic carbocycles. The zero-order chi connectivity index (χ0) is 20.7. The maximum Gasteiger partial charge on any atom is 0.483 e. The van der Waals surface area contributed by atoms with E-state index in [1.165, 1.54) is 17.2 Å². The van der Waals surface area contributed by atoms with E-state index < -0.39 is 46.8 Å². The summed E-state index contributed by atoms with van der Waals surface area (Å²) in [5, 5.41) is 20.5. The lowest BCUT2D eigenvalue weighted by Crippen LogP contribution is -2.33. The number of hydrogen-bond donors (Lipinski definition) is 5. The number of ether oxygens (including phenoxy) is 1. The van der Waals surface area contributed by atoms with Gasteiger partial charge in [-0.15, -0.1) is 0 Å². The normalized spacial score (nSPS) is 27.9. The fourth-order valence-electron chi connectivity index (χ4n) is 2.57. The van der Waals surface area contributed by atoms with E-state index in [-0.39, 0.29) is 4.64 Å². The van der Waals surface area contributed by atoms with E-state index in [0.29, 0.717) is 11.2 Å². The first-order valence-corrected chi connectivity index (χ1v) is 10.9. The number of phosphoric acid groups is 2. The molecule has 1 aliphatic rings. The molecule has 3 heterocycles. The van der Waals surface area contributed by atoms with Crippen LogP contribution in [0.5, 0.6) is 0 Å². The summed E-state index contributed by atoms with van der Waals surface area (Å²) in [5.74, 6) is 0. The summed E-state index contributed by atoms with van der Waals surface area (Å²) < 4.78 is 43.3. The number of aliphatic hydroxyl groups is 2. The van der Waals surface area contributed by atoms with Crippen molar-refractivity contribution in [2.24, 2.45) is 0 Å². The Hall–Kier alpha value is -1.09. The Morgan fingerprint density at radius 2 is 2.04 bits per heavy atom. The van der Waals surface area contributed by atoms with Crippen LogP contribution >= 0.6 is 27.9 Å². The maximum absolute atomic E-state index is 12.1. The molecular formula is C11H16N4O10P2S. The van der Waals surface area contributed by atoms with Crippen molar-refractivity contribution in [3.8, 4) is 0 Å². The van der Waals surface area contributed by atoms with Gasteiger partial charge in [-0.05, 0) is 0 Å². The number of imidazole rings is 1. The quantitative estimate of drug-likeness (QED) is 0.274. The molecule has 5 atom stereocenters. The number of aliphatic hydroxyl groups excluding tert-OH is 2. The molecule has 0 spiro atoms. The minimum atomic E-state index is -5.17. The molecular weight excluding hydrogens is 442 g/mol. The van der Waals surface area contributed by atoms with E-state index in [1.54, 1.807) is 0 Å². The maximum atomic E-state index is 12.1. The van der Waals surface area contributed by atoms with Crippen LogP contribution in [0.25, 0.3) is 11.2 Å². The molecule has 0 radical (unpaired) electrons. The third kappa shape index (κ3) is 4.40. The van der Waals surface area contributed by atoms with E-state index in [4.69, 9.17) is 31.3 Å². The Morgan fingerprint density at radius 1 is 1.32 bits per heavy atom. The van der Waals surface area contributed by atoms with Gasteiger partial charge in [-0.3, -0.25) is 13.6 Å². The highest BCUT2D eigenvalue weighted by molar-refractivity contribution is 7.71. The van der Waals surface area contributed by atoms with Crippen molar-refractivity contribution in [3.05, 3.63) is 17.3 Å². The Morgan fingerprint density at radius 3 is 2.68 bits per heavy atom. The Kier molecular flexibility index (Phi) is 6.15. The van der Waals surface area contributed by atoms with Crippen LogP contribution in [-0.2, 0) is 27.2 Å². The molecule has 1 saturated heterocycles. The number of nitrogens with one attached hydrogen (secondary N) is 1. The number of rotatable bonds is 7. The number of nitrogens with zero attached hydrogens (tertiary/aromatic N) is 3. The summed E-state index contributed by atoms with van der Waals surface area (Å²) in [7, 11) is -8.95. The molecule has 0 amide bonds. The molecule has 17 heteroatoms. The molecule has 28 heavy (non-hydrogen) atoms. The second-order valence-electron chi connectivity index (χ2n) is 5.60. The molecule has 0 bridgehead atoms. The summed E-state index contributed by atoms with van der Waals surface area (Å²) in [6.07, 6.45) is -2.63. The summed E-state index contributed by atoms with van der Waals surface area (Å²) in [5.41, 5.74) is 0.728. The predicted molar refractivity (Wildman–Crippen MR) is 92.3 cm³/mol. The number of H-pyrrole nitrogens is 1. The number of aromatic nitrogens is 4. The van der Waals surface area contributed by atoms with Gasteiger partial charge in [0.2, 0.25) is 0 Å². The summed E-state index contributed by atoms with van der Waals surface area (Å²) in [6, 6.07) is 0. The van der Waals surface area contributed by atoms with Gasteiger partial charge in [0, 0.05) is 7.11 Å². The average molecular weight is 458 g/mol. The van der Waals surface area contributed by atoms with Gasteiger partial charge in [-0.25, -0.2) is 19.1 Å². The zero-order valence-corrected chi connectivity index (χ0v) is 16.7. The lowest BCUT2D eigenvalue weighted by Gasteiger charge is -2.19. The van der Waals surface area contributed by atoms with Gasteiger partial charge in [-0.2, -0.15) is 4.31 Å². The van der Waals surface area contributed by atoms with Crippen molar-refractivity contribution >= 4 is 39.0 Å². The second kappa shape index (κ2) is 7.97. The minimum absolute atomic E-state index is 0.219. The van der Waals surface area contributed by atoms with Crippen LogP contribution in [-0.4, -0.2) is 71.5 Å². The molecule has 0 saturated carbocycles. The molecule has 2 aromatic heterocycles. The van der Waals surface area contributed by atoms with Crippen molar-refractivity contribution in [3.63, 3.8) is 0 Å². The van der Waals surface area contributed by atoms with Gasteiger partial charge >= 0.3 is 15.6 Å². The standard InChI is InChI=1S/C11H16N4O10P2S/c1-22-27(21,25-26(18,19)20)23-2-5-7(16)8(17)11(24-5)15-4-14-6-9(15)12-3-13-10(6)28/h3-5,7-8,11,16-17H,2H2,1H3,(H,12,13,28)(H2,18,19,20)/t5-,7?,8?,11-,27?/m1/s1. The van der Waals surface area contributed by atoms with Gasteiger partial charge in [0.05, 0.1) is 19.3 Å². The Balaban J connectivity index is 1.77. The Labute approximate surface area is 161 Å². The van der Waals surface area contributed by atoms with Crippen LogP contribution < -0.4 is 0 Å². The molecule has 2 aromatic rings. The lowest BCUT2D eigenvalue weighted by molar-refractivity contribution is -0.0508. The SMILES string of the molecule is COP(=O)(OC[C@H]1O[C@@H](n2cnc3c(=S)nc[nH]c32)C(O)C1O)OP(=O)(O)O. The van der Waals surface area contributed by atoms with Crippen LogP contribution in [0.3, 0.4) is 0 Å². The molecule has 1 fully saturated rings. The molecule has 3 unspecified atom stereocenters. The predicted octanol–water partition coefficient (Wildman–Crippen LogP) is -0.0115. The molecule has 156 valence electrons. The van der Waals surface area contributed by atoms with Crippen LogP contribution in [0.4, 0.5) is 0 Å². The number of fused-ring (bicyclic) bond motifs is 1. The van der Waals surface area contributed by atoms with Crippen molar-refractivity contribution in [2.75, 3.05) is 13.7 Å². The summed E-state index contributed by atoms with van der Waals surface area (Å²) in [6.45, 7) is -0.663. The first-order valence-electron chi connectivity index (χ1n) is 7.53. The molecule has 14 nitrogen and oxygen atoms in total. The summed E-state index contributed by atoms with van der Waals surface area (Å²) in [4.78, 5) is 28.3. The van der Waals surface area contributed by atoms with Crippen molar-refractivity contribution in [2.45, 2.75) is 24.5 Å². The number of phosphoric ester groups is 1.